The molecule has 0 amide bonds. The molecule has 0 spiro atoms. The maximum Gasteiger partial charge on any atom is 0.0662 e. The van der Waals surface area contributed by atoms with Crippen molar-refractivity contribution in [3.8, 4) is 0 Å². The summed E-state index contributed by atoms with van der Waals surface area (Å²) in [7, 11) is 0. The Morgan fingerprint density at radius 3 is 3.13 bits per heavy atom. The van der Waals surface area contributed by atoms with Crippen LogP contribution in [0.1, 0.15) is 11.6 Å². The van der Waals surface area contributed by atoms with E-state index in [0.29, 0.717) is 6.04 Å². The molecular weight excluding hydrogens is 206 g/mol. The minimum Gasteiger partial charge on any atom is -0.378 e. The van der Waals surface area contributed by atoms with Crippen molar-refractivity contribution >= 4 is 21.4 Å². The van der Waals surface area contributed by atoms with Crippen LogP contribution in [0.15, 0.2) is 29.6 Å². The van der Waals surface area contributed by atoms with E-state index in [0.717, 1.165) is 19.8 Å². The van der Waals surface area contributed by atoms with E-state index in [1.165, 1.54) is 15.6 Å². The van der Waals surface area contributed by atoms with Crippen LogP contribution in [0.2, 0.25) is 0 Å². The molecule has 3 rings (SSSR count). The monoisotopic (exact) mass is 219 g/mol. The van der Waals surface area contributed by atoms with Crippen molar-refractivity contribution in [1.82, 2.24) is 5.32 Å². The molecule has 0 aliphatic carbocycles. The third-order valence-corrected chi connectivity index (χ3v) is 3.79. The molecule has 1 aliphatic heterocycles. The van der Waals surface area contributed by atoms with E-state index in [1.54, 1.807) is 0 Å². The Bertz CT molecular complexity index is 459. The highest BCUT2D eigenvalue weighted by atomic mass is 32.1. The molecule has 1 aromatic heterocycles. The van der Waals surface area contributed by atoms with Crippen molar-refractivity contribution < 1.29 is 4.74 Å². The Morgan fingerprint density at radius 2 is 2.27 bits per heavy atom. The van der Waals surface area contributed by atoms with E-state index in [4.69, 9.17) is 4.74 Å². The molecule has 2 heterocycles. The summed E-state index contributed by atoms with van der Waals surface area (Å²) in [5.74, 6) is 0. The molecule has 15 heavy (non-hydrogen) atoms. The smallest absolute Gasteiger partial charge is 0.0662 e. The maximum atomic E-state index is 5.50. The number of nitrogens with one attached hydrogen (secondary N) is 1. The quantitative estimate of drug-likeness (QED) is 0.796. The second-order valence-electron chi connectivity index (χ2n) is 3.77. The molecule has 0 radical (unpaired) electrons. The van der Waals surface area contributed by atoms with Crippen molar-refractivity contribution in [3.63, 3.8) is 0 Å². The minimum absolute atomic E-state index is 0.370. The first-order chi connectivity index (χ1) is 7.45. The molecule has 2 aromatic rings. The lowest BCUT2D eigenvalue weighted by Gasteiger charge is -2.23. The topological polar surface area (TPSA) is 21.3 Å². The van der Waals surface area contributed by atoms with E-state index in [1.807, 2.05) is 11.3 Å². The number of ether oxygens (including phenoxy) is 1. The molecule has 0 saturated carbocycles. The van der Waals surface area contributed by atoms with E-state index in [-0.39, 0.29) is 0 Å². The van der Waals surface area contributed by atoms with Crippen molar-refractivity contribution in [2.45, 2.75) is 6.04 Å². The van der Waals surface area contributed by atoms with Gasteiger partial charge in [0.1, 0.15) is 0 Å². The fourth-order valence-electron chi connectivity index (χ4n) is 2.03. The van der Waals surface area contributed by atoms with Crippen molar-refractivity contribution in [1.29, 1.82) is 0 Å². The number of morpholine rings is 1. The first kappa shape index (κ1) is 9.33. The van der Waals surface area contributed by atoms with Gasteiger partial charge in [-0.25, -0.2) is 0 Å². The van der Waals surface area contributed by atoms with E-state index in [2.05, 4.69) is 35.0 Å². The molecule has 1 aliphatic rings. The predicted molar refractivity (Wildman–Crippen MR) is 63.4 cm³/mol. The number of fused-ring (bicyclic) bond motifs is 1. The summed E-state index contributed by atoms with van der Waals surface area (Å²) in [4.78, 5) is 0. The highest BCUT2D eigenvalue weighted by molar-refractivity contribution is 7.17. The Labute approximate surface area is 92.9 Å². The van der Waals surface area contributed by atoms with Gasteiger partial charge in [0.2, 0.25) is 0 Å². The lowest BCUT2D eigenvalue weighted by Crippen LogP contribution is -2.34. The van der Waals surface area contributed by atoms with Crippen molar-refractivity contribution in [3.05, 3.63) is 35.2 Å². The Hall–Kier alpha value is -0.900. The van der Waals surface area contributed by atoms with Gasteiger partial charge in [-0.2, -0.15) is 0 Å². The van der Waals surface area contributed by atoms with Gasteiger partial charge in [0.15, 0.2) is 0 Å². The Morgan fingerprint density at radius 1 is 1.33 bits per heavy atom. The number of rotatable bonds is 1. The van der Waals surface area contributed by atoms with Gasteiger partial charge in [0.05, 0.1) is 19.3 Å². The summed E-state index contributed by atoms with van der Waals surface area (Å²) in [5, 5.41) is 7.11. The van der Waals surface area contributed by atoms with E-state index in [9.17, 15) is 0 Å². The maximum absolute atomic E-state index is 5.50. The van der Waals surface area contributed by atoms with Crippen LogP contribution < -0.4 is 5.32 Å². The predicted octanol–water partition coefficient (Wildman–Crippen LogP) is 2.56. The molecule has 3 heteroatoms. The van der Waals surface area contributed by atoms with Gasteiger partial charge in [-0.05, 0) is 22.4 Å². The second kappa shape index (κ2) is 3.93. The highest BCUT2D eigenvalue weighted by Gasteiger charge is 2.18. The lowest BCUT2D eigenvalue weighted by atomic mass is 10.1. The number of thiophene rings is 1. The molecule has 1 atom stereocenters. The van der Waals surface area contributed by atoms with Crippen LogP contribution in [-0.4, -0.2) is 19.8 Å². The van der Waals surface area contributed by atoms with Gasteiger partial charge in [-0.1, -0.05) is 18.2 Å². The largest absolute Gasteiger partial charge is 0.378 e. The zero-order valence-corrected chi connectivity index (χ0v) is 9.22. The third kappa shape index (κ3) is 1.67. The summed E-state index contributed by atoms with van der Waals surface area (Å²) in [6, 6.07) is 8.93. The molecule has 0 bridgehead atoms. The van der Waals surface area contributed by atoms with Crippen LogP contribution >= 0.6 is 11.3 Å². The third-order valence-electron chi connectivity index (χ3n) is 2.81. The standard InChI is InChI=1S/C12H13NOS/c1-2-4-12-9(3-1)10(8-15-12)11-7-14-6-5-13-11/h1-4,8,11,13H,5-7H2/t11-/m0/s1. The molecule has 0 unspecified atom stereocenters. The van der Waals surface area contributed by atoms with Crippen LogP contribution in [0.3, 0.4) is 0 Å². The zero-order chi connectivity index (χ0) is 10.1. The number of hydrogen-bond donors (Lipinski definition) is 1. The molecule has 2 nitrogen and oxygen atoms in total. The Kier molecular flexibility index (Phi) is 2.44. The van der Waals surface area contributed by atoms with Crippen molar-refractivity contribution in [2.75, 3.05) is 19.8 Å². The fraction of sp³-hybridized carbons (Fsp3) is 0.333. The lowest BCUT2D eigenvalue weighted by molar-refractivity contribution is 0.0774. The first-order valence-electron chi connectivity index (χ1n) is 5.22. The van der Waals surface area contributed by atoms with Gasteiger partial charge in [-0.15, -0.1) is 11.3 Å². The number of hydrogen-bond acceptors (Lipinski definition) is 3. The summed E-state index contributed by atoms with van der Waals surface area (Å²) < 4.78 is 6.86. The zero-order valence-electron chi connectivity index (χ0n) is 8.40. The SMILES string of the molecule is c1ccc2c([C@@H]3COCCN3)csc2c1. The van der Waals surface area contributed by atoms with Gasteiger partial charge in [-0.3, -0.25) is 0 Å². The van der Waals surface area contributed by atoms with Crippen molar-refractivity contribution in [2.24, 2.45) is 0 Å². The van der Waals surface area contributed by atoms with Gasteiger partial charge >= 0.3 is 0 Å². The number of benzene rings is 1. The normalized spacial score (nSPS) is 22.0. The summed E-state index contributed by atoms with van der Waals surface area (Å²) >= 11 is 1.81. The van der Waals surface area contributed by atoms with Crippen LogP contribution in [0.4, 0.5) is 0 Å². The Balaban J connectivity index is 2.02. The van der Waals surface area contributed by atoms with Crippen LogP contribution in [0.5, 0.6) is 0 Å². The fourth-order valence-corrected chi connectivity index (χ4v) is 3.05. The van der Waals surface area contributed by atoms with Crippen LogP contribution in [0, 0.1) is 0 Å². The summed E-state index contributed by atoms with van der Waals surface area (Å²) in [6.45, 7) is 2.58. The minimum atomic E-state index is 0.370. The molecule has 78 valence electrons. The average molecular weight is 219 g/mol. The van der Waals surface area contributed by atoms with Gasteiger partial charge < -0.3 is 10.1 Å². The average Bonchev–Trinajstić information content (AvgIpc) is 2.74. The van der Waals surface area contributed by atoms with E-state index >= 15 is 0 Å². The van der Waals surface area contributed by atoms with E-state index < -0.39 is 0 Å². The van der Waals surface area contributed by atoms with Crippen LogP contribution in [-0.2, 0) is 4.74 Å². The highest BCUT2D eigenvalue weighted by Crippen LogP contribution is 2.30. The molecular formula is C12H13NOS. The second-order valence-corrected chi connectivity index (χ2v) is 4.68. The first-order valence-corrected chi connectivity index (χ1v) is 6.10. The summed E-state index contributed by atoms with van der Waals surface area (Å²) in [5.41, 5.74) is 1.38. The van der Waals surface area contributed by atoms with Gasteiger partial charge in [0.25, 0.3) is 0 Å². The molecule has 1 saturated heterocycles. The molecule has 1 fully saturated rings. The molecule has 1 N–H and O–H groups in total. The summed E-state index contributed by atoms with van der Waals surface area (Å²) in [6.07, 6.45) is 0. The van der Waals surface area contributed by atoms with Crippen LogP contribution in [0.25, 0.3) is 10.1 Å². The van der Waals surface area contributed by atoms with Gasteiger partial charge in [0, 0.05) is 11.2 Å². The molecule has 1 aromatic carbocycles.